The summed E-state index contributed by atoms with van der Waals surface area (Å²) in [5.74, 6) is 1.40. The first-order valence-corrected chi connectivity index (χ1v) is 13.9. The van der Waals surface area contributed by atoms with E-state index in [0.717, 1.165) is 25.8 Å². The Hall–Kier alpha value is -3.33. The van der Waals surface area contributed by atoms with Crippen LogP contribution in [0, 0.1) is 0 Å². The van der Waals surface area contributed by atoms with Gasteiger partial charge in [-0.15, -0.1) is 0 Å². The molecule has 1 saturated heterocycles. The van der Waals surface area contributed by atoms with Gasteiger partial charge in [0.25, 0.3) is 6.02 Å². The summed E-state index contributed by atoms with van der Waals surface area (Å²) in [7, 11) is 3.26. The molecule has 0 aliphatic carbocycles. The molecule has 0 aromatic heterocycles. The molecule has 4 aromatic rings. The third kappa shape index (κ3) is 5.55. The van der Waals surface area contributed by atoms with Crippen LogP contribution in [0.3, 0.4) is 0 Å². The number of nitrogens with zero attached hydrogens (tertiary/aromatic N) is 1. The van der Waals surface area contributed by atoms with E-state index in [-0.39, 0.29) is 6.54 Å². The fourth-order valence-corrected chi connectivity index (χ4v) is 5.60. The van der Waals surface area contributed by atoms with Gasteiger partial charge in [0.1, 0.15) is 29.2 Å². The van der Waals surface area contributed by atoms with Gasteiger partial charge in [0.2, 0.25) is 0 Å². The molecular weight excluding hydrogens is 624 g/mol. The molecule has 5 rings (SSSR count). The molecule has 0 bridgehead atoms. The van der Waals surface area contributed by atoms with Crippen LogP contribution in [0.2, 0.25) is 0 Å². The SMILES string of the molecule is COc1cccc(C(O)(CN=C2NC(c3cccc(Br)c3)(c3cccc(OC)c3)CO2)c2cccc(Br)c2)c1. The van der Waals surface area contributed by atoms with Crippen molar-refractivity contribution in [2.45, 2.75) is 11.1 Å². The highest BCUT2D eigenvalue weighted by atomic mass is 79.9. The largest absolute Gasteiger partial charge is 0.497 e. The minimum atomic E-state index is -1.44. The molecule has 6 nitrogen and oxygen atoms in total. The lowest BCUT2D eigenvalue weighted by molar-refractivity contribution is 0.0897. The Morgan fingerprint density at radius 2 is 1.38 bits per heavy atom. The smallest absolute Gasteiger partial charge is 0.285 e. The summed E-state index contributed by atoms with van der Waals surface area (Å²) in [5, 5.41) is 15.7. The fourth-order valence-electron chi connectivity index (χ4n) is 4.80. The first-order valence-electron chi connectivity index (χ1n) is 12.4. The highest BCUT2D eigenvalue weighted by Crippen LogP contribution is 2.37. The number of rotatable bonds is 8. The van der Waals surface area contributed by atoms with E-state index in [1.807, 2.05) is 84.9 Å². The van der Waals surface area contributed by atoms with E-state index in [2.05, 4.69) is 49.3 Å². The number of ether oxygens (including phenoxy) is 3. The van der Waals surface area contributed by atoms with Crippen molar-refractivity contribution in [1.82, 2.24) is 5.32 Å². The predicted octanol–water partition coefficient (Wildman–Crippen LogP) is 6.38. The highest BCUT2D eigenvalue weighted by Gasteiger charge is 2.43. The maximum atomic E-state index is 12.1. The quantitative estimate of drug-likeness (QED) is 0.231. The number of aliphatic hydroxyl groups is 1. The van der Waals surface area contributed by atoms with Gasteiger partial charge in [0, 0.05) is 8.95 Å². The van der Waals surface area contributed by atoms with Crippen LogP contribution in [0.25, 0.3) is 0 Å². The van der Waals surface area contributed by atoms with E-state index in [1.165, 1.54) is 0 Å². The summed E-state index contributed by atoms with van der Waals surface area (Å²) < 4.78 is 18.9. The second-order valence-corrected chi connectivity index (χ2v) is 11.1. The van der Waals surface area contributed by atoms with Crippen molar-refractivity contribution in [3.05, 3.63) is 128 Å². The van der Waals surface area contributed by atoms with Crippen LogP contribution in [-0.4, -0.2) is 38.5 Å². The lowest BCUT2D eigenvalue weighted by atomic mass is 9.84. The molecule has 1 heterocycles. The molecule has 4 aromatic carbocycles. The standard InChI is InChI=1S/C31H28Br2N2O4/c1-37-27-13-5-8-22(17-27)30(21-7-3-11-25(32)15-21)20-39-29(35-30)34-19-31(36,23-9-4-12-26(33)16-23)24-10-6-14-28(18-24)38-2/h3-18,36H,19-20H2,1-2H3,(H,34,35). The Morgan fingerprint density at radius 3 is 2.05 bits per heavy atom. The van der Waals surface area contributed by atoms with Crippen molar-refractivity contribution < 1.29 is 19.3 Å². The van der Waals surface area contributed by atoms with Crippen molar-refractivity contribution in [3.8, 4) is 11.5 Å². The Labute approximate surface area is 244 Å². The van der Waals surface area contributed by atoms with Crippen molar-refractivity contribution in [2.75, 3.05) is 27.4 Å². The van der Waals surface area contributed by atoms with Crippen LogP contribution >= 0.6 is 31.9 Å². The molecule has 2 unspecified atom stereocenters. The molecular formula is C31H28Br2N2O4. The van der Waals surface area contributed by atoms with Gasteiger partial charge in [-0.2, -0.15) is 0 Å². The summed E-state index contributed by atoms with van der Waals surface area (Å²) in [6.07, 6.45) is 0. The summed E-state index contributed by atoms with van der Waals surface area (Å²) >= 11 is 7.14. The van der Waals surface area contributed by atoms with Gasteiger partial charge in [-0.25, -0.2) is 4.99 Å². The van der Waals surface area contributed by atoms with Gasteiger partial charge in [-0.3, -0.25) is 0 Å². The molecule has 200 valence electrons. The number of benzene rings is 4. The van der Waals surface area contributed by atoms with Crippen molar-refractivity contribution in [2.24, 2.45) is 4.99 Å². The average Bonchev–Trinajstić information content (AvgIpc) is 3.41. The minimum Gasteiger partial charge on any atom is -0.497 e. The van der Waals surface area contributed by atoms with Gasteiger partial charge in [-0.1, -0.05) is 80.4 Å². The molecule has 2 N–H and O–H groups in total. The van der Waals surface area contributed by atoms with Gasteiger partial charge in [0.05, 0.1) is 20.8 Å². The molecule has 0 spiro atoms. The molecule has 1 aliphatic rings. The second kappa shape index (κ2) is 11.4. The Bertz CT molecular complexity index is 1510. The summed E-state index contributed by atoms with van der Waals surface area (Å²) in [6.45, 7) is 0.329. The Morgan fingerprint density at radius 1 is 0.821 bits per heavy atom. The number of hydrogen-bond acceptors (Lipinski definition) is 5. The maximum Gasteiger partial charge on any atom is 0.285 e. The Balaban J connectivity index is 1.55. The topological polar surface area (TPSA) is 72.3 Å². The zero-order valence-electron chi connectivity index (χ0n) is 21.5. The van der Waals surface area contributed by atoms with E-state index >= 15 is 0 Å². The summed E-state index contributed by atoms with van der Waals surface area (Å²) in [6, 6.07) is 31.3. The normalized spacial score (nSPS) is 19.2. The van der Waals surface area contributed by atoms with Crippen molar-refractivity contribution >= 4 is 37.9 Å². The number of amidine groups is 1. The highest BCUT2D eigenvalue weighted by molar-refractivity contribution is 9.10. The maximum absolute atomic E-state index is 12.1. The lowest BCUT2D eigenvalue weighted by Gasteiger charge is -2.29. The zero-order chi connectivity index (χ0) is 27.5. The van der Waals surface area contributed by atoms with E-state index in [4.69, 9.17) is 19.2 Å². The molecule has 0 amide bonds. The second-order valence-electron chi connectivity index (χ2n) is 9.29. The molecule has 39 heavy (non-hydrogen) atoms. The summed E-state index contributed by atoms with van der Waals surface area (Å²) in [5.41, 5.74) is 1.19. The van der Waals surface area contributed by atoms with E-state index in [0.29, 0.717) is 29.5 Å². The monoisotopic (exact) mass is 650 g/mol. The number of aliphatic imine (C=N–C) groups is 1. The Kier molecular flexibility index (Phi) is 7.98. The lowest BCUT2D eigenvalue weighted by Crippen LogP contribution is -2.42. The van der Waals surface area contributed by atoms with Crippen molar-refractivity contribution in [3.63, 3.8) is 0 Å². The van der Waals surface area contributed by atoms with Crippen LogP contribution in [-0.2, 0) is 15.9 Å². The molecule has 0 saturated carbocycles. The third-order valence-electron chi connectivity index (χ3n) is 6.93. The van der Waals surface area contributed by atoms with Gasteiger partial charge < -0.3 is 24.6 Å². The van der Waals surface area contributed by atoms with E-state index < -0.39 is 11.1 Å². The van der Waals surface area contributed by atoms with Gasteiger partial charge in [0.15, 0.2) is 0 Å². The fraction of sp³-hybridized carbons (Fsp3) is 0.194. The first kappa shape index (κ1) is 27.2. The predicted molar refractivity (Wildman–Crippen MR) is 159 cm³/mol. The number of hydrogen-bond donors (Lipinski definition) is 2. The third-order valence-corrected chi connectivity index (χ3v) is 7.91. The number of methoxy groups -OCH3 is 2. The number of halogens is 2. The van der Waals surface area contributed by atoms with Crippen LogP contribution in [0.1, 0.15) is 22.3 Å². The van der Waals surface area contributed by atoms with E-state index in [9.17, 15) is 5.11 Å². The minimum absolute atomic E-state index is 0.0195. The van der Waals surface area contributed by atoms with Crippen molar-refractivity contribution in [1.29, 1.82) is 0 Å². The zero-order valence-corrected chi connectivity index (χ0v) is 24.7. The van der Waals surface area contributed by atoms with Crippen LogP contribution in [0.4, 0.5) is 0 Å². The first-order chi connectivity index (χ1) is 18.9. The molecule has 2 atom stereocenters. The summed E-state index contributed by atoms with van der Waals surface area (Å²) in [4.78, 5) is 4.78. The van der Waals surface area contributed by atoms with E-state index in [1.54, 1.807) is 14.2 Å². The molecule has 1 aliphatic heterocycles. The van der Waals surface area contributed by atoms with Gasteiger partial charge >= 0.3 is 0 Å². The van der Waals surface area contributed by atoms with Crippen LogP contribution in [0.15, 0.2) is 111 Å². The van der Waals surface area contributed by atoms with Gasteiger partial charge in [-0.05, 0) is 70.8 Å². The molecule has 0 radical (unpaired) electrons. The average molecular weight is 652 g/mol. The van der Waals surface area contributed by atoms with Crippen LogP contribution < -0.4 is 14.8 Å². The molecule has 1 fully saturated rings. The molecule has 8 heteroatoms. The van der Waals surface area contributed by atoms with Crippen LogP contribution in [0.5, 0.6) is 11.5 Å². The number of nitrogens with one attached hydrogen (secondary N) is 1.